The summed E-state index contributed by atoms with van der Waals surface area (Å²) in [4.78, 5) is 3.40. The molecule has 0 aromatic carbocycles. The van der Waals surface area contributed by atoms with Crippen molar-refractivity contribution in [2.75, 3.05) is 0 Å². The Bertz CT molecular complexity index is 471. The van der Waals surface area contributed by atoms with Gasteiger partial charge < -0.3 is 24.8 Å². The van der Waals surface area contributed by atoms with Gasteiger partial charge in [-0.1, -0.05) is 0 Å². The molecule has 1 aromatic heterocycles. The van der Waals surface area contributed by atoms with Crippen molar-refractivity contribution < 1.29 is 48.0 Å². The van der Waals surface area contributed by atoms with E-state index < -0.39 is 23.2 Å². The maximum Gasteiger partial charge on any atom is -1.00 e. The molecule has 0 unspecified atom stereocenters. The molecule has 2 rings (SSSR count). The zero-order valence-corrected chi connectivity index (χ0v) is 15.1. The van der Waals surface area contributed by atoms with Gasteiger partial charge in [0.2, 0.25) is 0 Å². The summed E-state index contributed by atoms with van der Waals surface area (Å²) >= 11 is -0.579. The van der Waals surface area contributed by atoms with Crippen LogP contribution in [-0.2, 0) is 23.2 Å². The van der Waals surface area contributed by atoms with Gasteiger partial charge in [0, 0.05) is 0 Å². The molecule has 90 valence electrons. The summed E-state index contributed by atoms with van der Waals surface area (Å²) in [5.41, 5.74) is 1.44. The number of rotatable bonds is 2. The number of aromatic nitrogens is 1. The number of halogens is 2. The van der Waals surface area contributed by atoms with Gasteiger partial charge in [0.05, 0.1) is 0 Å². The molecular weight excluding hydrogens is 348 g/mol. The molecule has 0 fully saturated rings. The van der Waals surface area contributed by atoms with Crippen molar-refractivity contribution in [2.24, 2.45) is 0 Å². The van der Waals surface area contributed by atoms with Crippen molar-refractivity contribution in [2.45, 2.75) is 20.0 Å². The minimum Gasteiger partial charge on any atom is -1.00 e. The maximum atomic E-state index is 3.40. The van der Waals surface area contributed by atoms with Gasteiger partial charge in [-0.3, -0.25) is 0 Å². The van der Waals surface area contributed by atoms with Crippen LogP contribution in [-0.4, -0.2) is 18.6 Å². The SMILES string of the molecule is Cc1cc[nH][c]1[Zr+2][C]1=CC=CC1=[Si](C)C.[Cl-].[Cl-]. The standard InChI is InChI=1S/C7H9Si.C5H6N.2ClH.Zr/c1-8(2)7-5-3-4-6-7;1-5-2-3-6-4-5;;;/h3-5H,1-2H3;2-3,6H,1H3;2*1H;/q;;;;+2/p-2. The monoisotopic (exact) mass is 361 g/mol. The molecule has 1 N–H and O–H groups in total. The Morgan fingerprint density at radius 2 is 1.94 bits per heavy atom. The Balaban J connectivity index is 0.00000128. The van der Waals surface area contributed by atoms with E-state index in [2.05, 4.69) is 55.5 Å². The zero-order valence-electron chi connectivity index (χ0n) is 10.1. The Hall–Kier alpha value is 0.310. The maximum absolute atomic E-state index is 3.40. The van der Waals surface area contributed by atoms with Gasteiger partial charge in [0.25, 0.3) is 0 Å². The summed E-state index contributed by atoms with van der Waals surface area (Å²) in [6.45, 7) is 6.97. The molecule has 0 spiro atoms. The van der Waals surface area contributed by atoms with Gasteiger partial charge in [-0.2, -0.15) is 0 Å². The normalized spacial score (nSPS) is 12.4. The second-order valence-electron chi connectivity index (χ2n) is 4.01. The molecule has 0 saturated carbocycles. The number of aromatic amines is 1. The Kier molecular flexibility index (Phi) is 7.82. The molecule has 1 aliphatic carbocycles. The summed E-state index contributed by atoms with van der Waals surface area (Å²) in [6.07, 6.45) is 8.95. The van der Waals surface area contributed by atoms with Gasteiger partial charge in [-0.15, -0.1) is 0 Å². The molecule has 0 atom stereocenters. The average molecular weight is 363 g/mol. The number of aryl methyl sites for hydroxylation is 1. The second-order valence-corrected chi connectivity index (χ2v) is 9.72. The van der Waals surface area contributed by atoms with Crippen LogP contribution in [0.5, 0.6) is 0 Å². The van der Waals surface area contributed by atoms with E-state index in [1.165, 1.54) is 8.97 Å². The topological polar surface area (TPSA) is 15.8 Å². The summed E-state index contributed by atoms with van der Waals surface area (Å²) in [6, 6.07) is 2.18. The third kappa shape index (κ3) is 4.17. The molecule has 1 heterocycles. The Morgan fingerprint density at radius 3 is 2.47 bits per heavy atom. The Morgan fingerprint density at radius 1 is 1.24 bits per heavy atom. The minimum atomic E-state index is -0.579. The van der Waals surface area contributed by atoms with Crippen molar-refractivity contribution in [3.63, 3.8) is 0 Å². The van der Waals surface area contributed by atoms with Crippen LogP contribution in [0, 0.1) is 6.92 Å². The minimum absolute atomic E-state index is 0. The van der Waals surface area contributed by atoms with Gasteiger partial charge >= 0.3 is 105 Å². The number of hydrogen-bond acceptors (Lipinski definition) is 0. The van der Waals surface area contributed by atoms with E-state index in [0.29, 0.717) is 0 Å². The van der Waals surface area contributed by atoms with E-state index in [-0.39, 0.29) is 33.2 Å². The molecule has 0 bridgehead atoms. The van der Waals surface area contributed by atoms with Gasteiger partial charge in [-0.05, 0) is 0 Å². The summed E-state index contributed by atoms with van der Waals surface area (Å²) in [5, 5.41) is 1.65. The van der Waals surface area contributed by atoms with E-state index in [9.17, 15) is 0 Å². The first kappa shape index (κ1) is 17.3. The molecular formula is C12H15Cl2NSiZr. The molecule has 1 aromatic rings. The van der Waals surface area contributed by atoms with Crippen molar-refractivity contribution in [1.82, 2.24) is 4.98 Å². The van der Waals surface area contributed by atoms with Crippen LogP contribution >= 0.6 is 0 Å². The van der Waals surface area contributed by atoms with Crippen molar-refractivity contribution >= 4 is 17.0 Å². The first-order valence-electron chi connectivity index (χ1n) is 5.15. The predicted octanol–water partition coefficient (Wildman–Crippen LogP) is -4.00. The third-order valence-electron chi connectivity index (χ3n) is 2.57. The molecule has 5 heteroatoms. The fourth-order valence-electron chi connectivity index (χ4n) is 1.68. The molecule has 1 aliphatic rings. The number of hydrogen-bond donors (Lipinski definition) is 1. The van der Waals surface area contributed by atoms with E-state index in [4.69, 9.17) is 0 Å². The van der Waals surface area contributed by atoms with Crippen LogP contribution in [0.3, 0.4) is 0 Å². The smallest absolute Gasteiger partial charge is 1.00 e. The zero-order chi connectivity index (χ0) is 10.8. The fourth-order valence-corrected chi connectivity index (χ4v) is 7.66. The fraction of sp³-hybridized carbons (Fsp3) is 0.250. The van der Waals surface area contributed by atoms with E-state index in [0.717, 1.165) is 0 Å². The summed E-state index contributed by atoms with van der Waals surface area (Å²) < 4.78 is 3.19. The molecule has 0 amide bonds. The van der Waals surface area contributed by atoms with Crippen LogP contribution in [0.4, 0.5) is 0 Å². The quantitative estimate of drug-likeness (QED) is 0.516. The largest absolute Gasteiger partial charge is 1.00 e. The number of H-pyrrole nitrogens is 1. The van der Waals surface area contributed by atoms with Crippen LogP contribution < -0.4 is 28.2 Å². The van der Waals surface area contributed by atoms with Crippen LogP contribution in [0.1, 0.15) is 5.56 Å². The first-order valence-corrected chi connectivity index (χ1v) is 10.1. The third-order valence-corrected chi connectivity index (χ3v) is 8.37. The van der Waals surface area contributed by atoms with Crippen molar-refractivity contribution in [1.29, 1.82) is 0 Å². The molecule has 17 heavy (non-hydrogen) atoms. The van der Waals surface area contributed by atoms with Crippen LogP contribution in [0.2, 0.25) is 13.1 Å². The summed E-state index contributed by atoms with van der Waals surface area (Å²) in [7, 11) is -0.285. The Labute approximate surface area is 128 Å². The van der Waals surface area contributed by atoms with Crippen molar-refractivity contribution in [3.05, 3.63) is 39.3 Å². The van der Waals surface area contributed by atoms with E-state index >= 15 is 0 Å². The molecule has 1 nitrogen and oxygen atoms in total. The first-order chi connectivity index (χ1) is 7.18. The molecule has 0 radical (unpaired) electrons. The van der Waals surface area contributed by atoms with E-state index in [1.54, 1.807) is 8.45 Å². The van der Waals surface area contributed by atoms with Gasteiger partial charge in [-0.25, -0.2) is 0 Å². The average Bonchev–Trinajstić information content (AvgIpc) is 2.77. The number of allylic oxidation sites excluding steroid dienone is 4. The summed E-state index contributed by atoms with van der Waals surface area (Å²) in [5.74, 6) is 0. The van der Waals surface area contributed by atoms with Crippen LogP contribution in [0.25, 0.3) is 0 Å². The van der Waals surface area contributed by atoms with Crippen molar-refractivity contribution in [3.8, 4) is 0 Å². The molecule has 0 saturated heterocycles. The number of nitrogens with one attached hydrogen (secondary N) is 1. The molecule has 0 aliphatic heterocycles. The van der Waals surface area contributed by atoms with Gasteiger partial charge in [0.1, 0.15) is 0 Å². The second kappa shape index (κ2) is 7.68. The van der Waals surface area contributed by atoms with Crippen LogP contribution in [0.15, 0.2) is 33.8 Å². The van der Waals surface area contributed by atoms with E-state index in [1.807, 2.05) is 0 Å². The van der Waals surface area contributed by atoms with Gasteiger partial charge in [0.15, 0.2) is 0 Å². The predicted molar refractivity (Wildman–Crippen MR) is 64.9 cm³/mol.